The van der Waals surface area contributed by atoms with Crippen molar-refractivity contribution in [3.8, 4) is 0 Å². The zero-order chi connectivity index (χ0) is 20.1. The minimum atomic E-state index is -0.510. The van der Waals surface area contributed by atoms with Crippen LogP contribution in [0.25, 0.3) is 0 Å². The average Bonchev–Trinajstić information content (AvgIpc) is 3.13. The summed E-state index contributed by atoms with van der Waals surface area (Å²) in [6.07, 6.45) is 2.57. The van der Waals surface area contributed by atoms with Crippen LogP contribution in [-0.4, -0.2) is 44.9 Å². The molecule has 4 rings (SSSR count). The number of hydrogen-bond donors (Lipinski definition) is 1. The molecule has 2 aliphatic rings. The number of aromatic nitrogens is 2. The third kappa shape index (κ3) is 3.08. The van der Waals surface area contributed by atoms with Gasteiger partial charge in [0.05, 0.1) is 5.54 Å². The normalized spacial score (nSPS) is 23.6. The largest absolute Gasteiger partial charge is 0.364 e. The highest BCUT2D eigenvalue weighted by Crippen LogP contribution is 2.47. The van der Waals surface area contributed by atoms with E-state index in [1.165, 1.54) is 6.07 Å². The van der Waals surface area contributed by atoms with Gasteiger partial charge in [-0.1, -0.05) is 6.07 Å². The van der Waals surface area contributed by atoms with Crippen LogP contribution >= 0.6 is 0 Å². The van der Waals surface area contributed by atoms with Gasteiger partial charge in [-0.05, 0) is 64.3 Å². The van der Waals surface area contributed by atoms with Crippen LogP contribution in [0.5, 0.6) is 0 Å². The number of halogens is 1. The molecule has 28 heavy (non-hydrogen) atoms. The maximum absolute atomic E-state index is 13.8. The van der Waals surface area contributed by atoms with Gasteiger partial charge in [-0.3, -0.25) is 4.79 Å². The van der Waals surface area contributed by atoms with Crippen LogP contribution in [0.3, 0.4) is 0 Å². The van der Waals surface area contributed by atoms with Gasteiger partial charge in [-0.2, -0.15) is 4.98 Å². The Labute approximate surface area is 163 Å². The maximum atomic E-state index is 13.8. The molecule has 1 amide bonds. The number of hydrogen-bond acceptors (Lipinski definition) is 4. The van der Waals surface area contributed by atoms with E-state index in [2.05, 4.69) is 28.7 Å². The molecule has 0 radical (unpaired) electrons. The van der Waals surface area contributed by atoms with E-state index in [9.17, 15) is 14.0 Å². The lowest BCUT2D eigenvalue weighted by Gasteiger charge is -2.35. The van der Waals surface area contributed by atoms with E-state index >= 15 is 0 Å². The molecule has 6 nitrogen and oxygen atoms in total. The summed E-state index contributed by atoms with van der Waals surface area (Å²) < 4.78 is 13.8. The van der Waals surface area contributed by atoms with Crippen molar-refractivity contribution in [3.05, 3.63) is 58.0 Å². The van der Waals surface area contributed by atoms with E-state index in [1.54, 1.807) is 25.1 Å². The number of carbonyl (C=O) groups is 1. The van der Waals surface area contributed by atoms with Crippen LogP contribution in [-0.2, 0) is 0 Å². The molecular formula is C21H25FN4O2. The Balaban J connectivity index is 1.69. The second-order valence-corrected chi connectivity index (χ2v) is 8.59. The number of H-pyrrole nitrogens is 1. The molecule has 7 heteroatoms. The second-order valence-electron chi connectivity index (χ2n) is 8.59. The fourth-order valence-electron chi connectivity index (χ4n) is 4.98. The zero-order valence-corrected chi connectivity index (χ0v) is 16.5. The van der Waals surface area contributed by atoms with Crippen molar-refractivity contribution in [2.24, 2.45) is 0 Å². The molecule has 1 atom stereocenters. The molecule has 2 fully saturated rings. The molecule has 2 saturated heterocycles. The fourth-order valence-corrected chi connectivity index (χ4v) is 4.98. The van der Waals surface area contributed by atoms with Gasteiger partial charge < -0.3 is 14.8 Å². The minimum absolute atomic E-state index is 0.185. The van der Waals surface area contributed by atoms with Crippen molar-refractivity contribution in [1.82, 2.24) is 14.9 Å². The van der Waals surface area contributed by atoms with Crippen LogP contribution in [0.15, 0.2) is 35.1 Å². The van der Waals surface area contributed by atoms with E-state index in [0.29, 0.717) is 18.8 Å². The number of rotatable bonds is 2. The number of aryl methyl sites for hydroxylation is 1. The third-order valence-corrected chi connectivity index (χ3v) is 6.00. The number of benzene rings is 1. The first kappa shape index (κ1) is 18.7. The minimum Gasteiger partial charge on any atom is -0.364 e. The smallest absolute Gasteiger partial charge is 0.345 e. The molecule has 1 unspecified atom stereocenters. The molecule has 3 heterocycles. The van der Waals surface area contributed by atoms with Crippen molar-refractivity contribution in [1.29, 1.82) is 0 Å². The number of aromatic amines is 1. The van der Waals surface area contributed by atoms with Gasteiger partial charge in [0.15, 0.2) is 0 Å². The van der Waals surface area contributed by atoms with Crippen LogP contribution in [0, 0.1) is 12.7 Å². The number of likely N-dealkylation sites (tertiary alicyclic amines) is 1. The predicted octanol–water partition coefficient (Wildman–Crippen LogP) is 2.88. The molecule has 1 aromatic carbocycles. The highest BCUT2D eigenvalue weighted by Gasteiger charge is 2.55. The Morgan fingerprint density at radius 1 is 1.29 bits per heavy atom. The molecular weight excluding hydrogens is 359 g/mol. The van der Waals surface area contributed by atoms with Crippen molar-refractivity contribution in [3.63, 3.8) is 0 Å². The lowest BCUT2D eigenvalue weighted by Crippen LogP contribution is -2.49. The first-order chi connectivity index (χ1) is 13.2. The van der Waals surface area contributed by atoms with Gasteiger partial charge in [0.1, 0.15) is 11.5 Å². The third-order valence-electron chi connectivity index (χ3n) is 6.00. The summed E-state index contributed by atoms with van der Waals surface area (Å²) in [6, 6.07) is 8.23. The molecule has 2 aliphatic heterocycles. The highest BCUT2D eigenvalue weighted by molar-refractivity contribution is 5.93. The van der Waals surface area contributed by atoms with E-state index in [1.807, 2.05) is 11.0 Å². The van der Waals surface area contributed by atoms with Gasteiger partial charge in [0.25, 0.3) is 5.91 Å². The lowest BCUT2D eigenvalue weighted by molar-refractivity contribution is 0.0610. The van der Waals surface area contributed by atoms with E-state index in [4.69, 9.17) is 0 Å². The van der Waals surface area contributed by atoms with Crippen molar-refractivity contribution < 1.29 is 9.18 Å². The number of anilines is 1. The second kappa shape index (κ2) is 6.43. The Hall–Kier alpha value is -2.70. The average molecular weight is 384 g/mol. The van der Waals surface area contributed by atoms with Crippen molar-refractivity contribution in [2.45, 2.75) is 51.1 Å². The van der Waals surface area contributed by atoms with Crippen molar-refractivity contribution in [2.75, 3.05) is 18.0 Å². The molecule has 0 bridgehead atoms. The highest BCUT2D eigenvalue weighted by atomic mass is 19.1. The standard InChI is InChI=1S/C21H25FN4O2/c1-14-10-17(24-19(28)23-14)18(27)25-9-5-8-21(25)12-20(2,3)26(13-21)16-7-4-6-15(22)11-16/h4,6-7,10-11H,5,8-9,12-13H2,1-3H3,(H,23,24,28). The zero-order valence-electron chi connectivity index (χ0n) is 16.5. The number of amides is 1. The lowest BCUT2D eigenvalue weighted by atomic mass is 9.87. The topological polar surface area (TPSA) is 69.3 Å². The van der Waals surface area contributed by atoms with E-state index in [0.717, 1.165) is 24.9 Å². The Morgan fingerprint density at radius 2 is 2.07 bits per heavy atom. The van der Waals surface area contributed by atoms with Crippen molar-refractivity contribution >= 4 is 11.6 Å². The van der Waals surface area contributed by atoms with Crippen LogP contribution < -0.4 is 10.6 Å². The number of nitrogens with one attached hydrogen (secondary N) is 1. The number of nitrogens with zero attached hydrogens (tertiary/aromatic N) is 3. The Morgan fingerprint density at radius 3 is 2.79 bits per heavy atom. The molecule has 1 aromatic heterocycles. The summed E-state index contributed by atoms with van der Waals surface area (Å²) in [5.74, 6) is -0.472. The van der Waals surface area contributed by atoms with Gasteiger partial charge in [-0.15, -0.1) is 0 Å². The summed E-state index contributed by atoms with van der Waals surface area (Å²) >= 11 is 0. The fraction of sp³-hybridized carbons (Fsp3) is 0.476. The first-order valence-corrected chi connectivity index (χ1v) is 9.63. The van der Waals surface area contributed by atoms with Gasteiger partial charge >= 0.3 is 5.69 Å². The van der Waals surface area contributed by atoms with Crippen LogP contribution in [0.1, 0.15) is 49.3 Å². The summed E-state index contributed by atoms with van der Waals surface area (Å²) in [5, 5.41) is 0. The molecule has 2 aromatic rings. The predicted molar refractivity (Wildman–Crippen MR) is 105 cm³/mol. The number of carbonyl (C=O) groups excluding carboxylic acids is 1. The summed E-state index contributed by atoms with van der Waals surface area (Å²) in [5.41, 5.74) is 0.546. The molecule has 0 saturated carbocycles. The monoisotopic (exact) mass is 384 g/mol. The van der Waals surface area contributed by atoms with Gasteiger partial charge in [-0.25, -0.2) is 9.18 Å². The molecule has 1 spiro atoms. The van der Waals surface area contributed by atoms with E-state index < -0.39 is 5.69 Å². The Bertz CT molecular complexity index is 986. The molecule has 148 valence electrons. The van der Waals surface area contributed by atoms with Gasteiger partial charge in [0, 0.05) is 30.0 Å². The first-order valence-electron chi connectivity index (χ1n) is 9.63. The Kier molecular flexibility index (Phi) is 4.28. The SMILES string of the molecule is Cc1cc(C(=O)N2CCCC23CN(c2cccc(F)c2)C(C)(C)C3)nc(=O)[nH]1. The summed E-state index contributed by atoms with van der Waals surface area (Å²) in [4.78, 5) is 35.5. The van der Waals surface area contributed by atoms with E-state index in [-0.39, 0.29) is 28.5 Å². The van der Waals surface area contributed by atoms with Gasteiger partial charge in [0.2, 0.25) is 0 Å². The molecule has 1 N–H and O–H groups in total. The van der Waals surface area contributed by atoms with Crippen LogP contribution in [0.2, 0.25) is 0 Å². The summed E-state index contributed by atoms with van der Waals surface area (Å²) in [7, 11) is 0. The quantitative estimate of drug-likeness (QED) is 0.864. The maximum Gasteiger partial charge on any atom is 0.345 e. The molecule has 0 aliphatic carbocycles. The summed E-state index contributed by atoms with van der Waals surface area (Å²) in [6.45, 7) is 7.27. The van der Waals surface area contributed by atoms with Crippen LogP contribution in [0.4, 0.5) is 10.1 Å².